The van der Waals surface area contributed by atoms with Crippen LogP contribution >= 0.6 is 0 Å². The third kappa shape index (κ3) is 9.07. The molecule has 1 aliphatic carbocycles. The molecule has 1 aromatic rings. The lowest BCUT2D eigenvalue weighted by molar-refractivity contribution is -0.293. The van der Waals surface area contributed by atoms with Crippen molar-refractivity contribution in [2.24, 2.45) is 29.1 Å². The minimum Gasteiger partial charge on any atom is -0.481 e. The van der Waals surface area contributed by atoms with Crippen LogP contribution in [0.4, 0.5) is 0 Å². The Labute approximate surface area is 227 Å². The largest absolute Gasteiger partial charge is 0.481 e. The first-order valence-electron chi connectivity index (χ1n) is 14.6. The van der Waals surface area contributed by atoms with E-state index in [1.54, 1.807) is 0 Å². The number of unbranched alkanes of at least 4 members (excludes halogenated alkanes) is 1. The highest BCUT2D eigenvalue weighted by Crippen LogP contribution is 2.47. The van der Waals surface area contributed by atoms with Crippen LogP contribution in [0.2, 0.25) is 19.6 Å². The molecule has 2 aliphatic rings. The summed E-state index contributed by atoms with van der Waals surface area (Å²) in [4.78, 5) is 12.6. The standard InChI is InChI=1S/C32H52O4Si/c1-24-17-18-27(28(30(33)34)16-12-11-15-25-13-9-8-10-14-25)29(21-37(5,6)7)26(24)19-20-32(4)35-22-31(2,3)23-36-32/h8-10,13-14,21,24,26-28H,11-12,15-20,22-23H2,1-7H3,(H,33,34)/b29-21+/t24-,26+,27+,28-/m1/s1. The van der Waals surface area contributed by atoms with Crippen LogP contribution in [0.5, 0.6) is 0 Å². The number of carboxylic acid groups (broad SMARTS) is 1. The van der Waals surface area contributed by atoms with E-state index >= 15 is 0 Å². The molecule has 0 unspecified atom stereocenters. The van der Waals surface area contributed by atoms with E-state index in [2.05, 4.69) is 77.3 Å². The molecule has 1 aromatic carbocycles. The summed E-state index contributed by atoms with van der Waals surface area (Å²) in [6.07, 6.45) is 7.70. The molecule has 0 aromatic heterocycles. The summed E-state index contributed by atoms with van der Waals surface area (Å²) in [6.45, 7) is 17.4. The number of aliphatic carboxylic acids is 1. The zero-order valence-corrected chi connectivity index (χ0v) is 25.5. The van der Waals surface area contributed by atoms with Crippen LogP contribution in [0.3, 0.4) is 0 Å². The van der Waals surface area contributed by atoms with Crippen molar-refractivity contribution in [1.29, 1.82) is 0 Å². The van der Waals surface area contributed by atoms with Crippen molar-refractivity contribution in [2.75, 3.05) is 13.2 Å². The van der Waals surface area contributed by atoms with Crippen molar-refractivity contribution in [3.05, 3.63) is 47.2 Å². The molecule has 37 heavy (non-hydrogen) atoms. The van der Waals surface area contributed by atoms with Gasteiger partial charge in [0.25, 0.3) is 0 Å². The van der Waals surface area contributed by atoms with Gasteiger partial charge in [-0.2, -0.15) is 0 Å². The topological polar surface area (TPSA) is 55.8 Å². The van der Waals surface area contributed by atoms with E-state index in [9.17, 15) is 9.90 Å². The summed E-state index contributed by atoms with van der Waals surface area (Å²) in [5, 5.41) is 10.4. The number of hydrogen-bond acceptors (Lipinski definition) is 3. The minimum absolute atomic E-state index is 0.0564. The molecule has 4 atom stereocenters. The molecule has 5 heteroatoms. The number of aryl methyl sites for hydroxylation is 1. The van der Waals surface area contributed by atoms with Crippen molar-refractivity contribution in [3.8, 4) is 0 Å². The first kappa shape index (κ1) is 30.1. The second-order valence-corrected chi connectivity index (χ2v) is 18.9. The second kappa shape index (κ2) is 12.6. The Bertz CT molecular complexity index is 891. The van der Waals surface area contributed by atoms with Gasteiger partial charge in [0.2, 0.25) is 0 Å². The molecule has 2 fully saturated rings. The first-order chi connectivity index (χ1) is 17.3. The summed E-state index contributed by atoms with van der Waals surface area (Å²) in [5.74, 6) is -0.372. The van der Waals surface area contributed by atoms with Gasteiger partial charge in [-0.1, -0.05) is 88.4 Å². The van der Waals surface area contributed by atoms with Gasteiger partial charge in [-0.3, -0.25) is 4.79 Å². The summed E-state index contributed by atoms with van der Waals surface area (Å²) in [6, 6.07) is 10.5. The lowest BCUT2D eigenvalue weighted by Gasteiger charge is -2.44. The Kier molecular flexibility index (Phi) is 10.3. The maximum Gasteiger partial charge on any atom is 0.307 e. The monoisotopic (exact) mass is 528 g/mol. The highest BCUT2D eigenvalue weighted by atomic mass is 28.3. The lowest BCUT2D eigenvalue weighted by Crippen LogP contribution is -2.46. The number of allylic oxidation sites excluding steroid dienone is 1. The van der Waals surface area contributed by atoms with Crippen molar-refractivity contribution >= 4 is 14.0 Å². The first-order valence-corrected chi connectivity index (χ1v) is 18.1. The van der Waals surface area contributed by atoms with Gasteiger partial charge in [0.05, 0.1) is 27.2 Å². The normalized spacial score (nSPS) is 27.6. The molecule has 208 valence electrons. The van der Waals surface area contributed by atoms with Gasteiger partial charge in [0, 0.05) is 11.8 Å². The molecule has 1 heterocycles. The van der Waals surface area contributed by atoms with Gasteiger partial charge in [0.15, 0.2) is 5.79 Å². The SMILES string of the molecule is C[C@@H]1CC[C@@H]([C@@H](CCCCc2ccccc2)C(=O)O)/C(=C/[Si](C)(C)C)[C@H]1CCC1(C)OCC(C)(C)CO1. The number of benzene rings is 1. The quantitative estimate of drug-likeness (QED) is 0.233. The van der Waals surface area contributed by atoms with Crippen molar-refractivity contribution in [1.82, 2.24) is 0 Å². The fraction of sp³-hybridized carbons (Fsp3) is 0.719. The Morgan fingerprint density at radius 2 is 1.73 bits per heavy atom. The molecular weight excluding hydrogens is 476 g/mol. The molecule has 3 rings (SSSR count). The van der Waals surface area contributed by atoms with E-state index in [-0.39, 0.29) is 17.3 Å². The lowest BCUT2D eigenvalue weighted by atomic mass is 9.65. The van der Waals surface area contributed by atoms with Crippen molar-refractivity contribution < 1.29 is 19.4 Å². The summed E-state index contributed by atoms with van der Waals surface area (Å²) >= 11 is 0. The summed E-state index contributed by atoms with van der Waals surface area (Å²) in [7, 11) is -1.54. The highest BCUT2D eigenvalue weighted by Gasteiger charge is 2.42. The number of ether oxygens (including phenoxy) is 2. The average Bonchev–Trinajstić information content (AvgIpc) is 2.81. The van der Waals surface area contributed by atoms with Crippen LogP contribution in [0.15, 0.2) is 41.6 Å². The van der Waals surface area contributed by atoms with Crippen LogP contribution in [0.1, 0.15) is 78.2 Å². The van der Waals surface area contributed by atoms with E-state index in [4.69, 9.17) is 9.47 Å². The molecule has 4 nitrogen and oxygen atoms in total. The molecule has 1 saturated heterocycles. The summed E-state index contributed by atoms with van der Waals surface area (Å²) < 4.78 is 12.5. The molecule has 0 amide bonds. The maximum absolute atomic E-state index is 12.6. The number of hydrogen-bond donors (Lipinski definition) is 1. The minimum atomic E-state index is -1.54. The third-order valence-corrected chi connectivity index (χ3v) is 9.60. The third-order valence-electron chi connectivity index (χ3n) is 8.40. The van der Waals surface area contributed by atoms with E-state index in [1.807, 2.05) is 6.07 Å². The fourth-order valence-corrected chi connectivity index (χ4v) is 7.62. The Balaban J connectivity index is 1.73. The van der Waals surface area contributed by atoms with Gasteiger partial charge < -0.3 is 14.6 Å². The Morgan fingerprint density at radius 1 is 1.08 bits per heavy atom. The highest BCUT2D eigenvalue weighted by molar-refractivity contribution is 6.81. The van der Waals surface area contributed by atoms with Crippen LogP contribution in [-0.4, -0.2) is 38.2 Å². The van der Waals surface area contributed by atoms with Crippen molar-refractivity contribution in [3.63, 3.8) is 0 Å². The second-order valence-electron chi connectivity index (χ2n) is 13.9. The van der Waals surface area contributed by atoms with Crippen LogP contribution in [0.25, 0.3) is 0 Å². The molecular formula is C32H52O4Si. The van der Waals surface area contributed by atoms with Gasteiger partial charge in [-0.05, 0) is 68.8 Å². The Morgan fingerprint density at radius 3 is 2.32 bits per heavy atom. The van der Waals surface area contributed by atoms with Crippen LogP contribution in [0, 0.1) is 29.1 Å². The van der Waals surface area contributed by atoms with Gasteiger partial charge >= 0.3 is 5.97 Å². The van der Waals surface area contributed by atoms with Gasteiger partial charge in [-0.25, -0.2) is 0 Å². The number of rotatable bonds is 11. The predicted octanol–water partition coefficient (Wildman–Crippen LogP) is 8.14. The molecule has 1 N–H and O–H groups in total. The smallest absolute Gasteiger partial charge is 0.307 e. The van der Waals surface area contributed by atoms with Gasteiger partial charge in [0.1, 0.15) is 0 Å². The number of carboxylic acids is 1. The average molecular weight is 529 g/mol. The number of carbonyl (C=O) groups is 1. The molecule has 1 saturated carbocycles. The maximum atomic E-state index is 12.6. The fourth-order valence-electron chi connectivity index (χ4n) is 6.19. The van der Waals surface area contributed by atoms with Crippen LogP contribution in [-0.2, 0) is 20.7 Å². The van der Waals surface area contributed by atoms with E-state index < -0.39 is 19.8 Å². The molecule has 1 aliphatic heterocycles. The zero-order chi connectivity index (χ0) is 27.3. The Hall–Kier alpha value is -1.43. The summed E-state index contributed by atoms with van der Waals surface area (Å²) in [5.41, 5.74) is 5.38. The molecule has 0 spiro atoms. The molecule has 0 radical (unpaired) electrons. The van der Waals surface area contributed by atoms with Gasteiger partial charge in [-0.15, -0.1) is 0 Å². The predicted molar refractivity (Wildman–Crippen MR) is 155 cm³/mol. The van der Waals surface area contributed by atoms with E-state index in [1.165, 1.54) is 11.1 Å². The van der Waals surface area contributed by atoms with Crippen molar-refractivity contribution in [2.45, 2.75) is 104 Å². The zero-order valence-electron chi connectivity index (χ0n) is 24.5. The molecule has 0 bridgehead atoms. The van der Waals surface area contributed by atoms with Crippen LogP contribution < -0.4 is 0 Å². The van der Waals surface area contributed by atoms with E-state index in [0.29, 0.717) is 25.0 Å². The van der Waals surface area contributed by atoms with E-state index in [0.717, 1.165) is 51.4 Å².